The van der Waals surface area contributed by atoms with Crippen LogP contribution in [0.2, 0.25) is 0 Å². The van der Waals surface area contributed by atoms with E-state index in [0.29, 0.717) is 12.2 Å². The minimum Gasteiger partial charge on any atom is -0.462 e. The fraction of sp³-hybridized carbons (Fsp3) is 0.222. The Hall–Kier alpha value is -2.69. The van der Waals surface area contributed by atoms with Crippen molar-refractivity contribution in [3.05, 3.63) is 65.5 Å². The van der Waals surface area contributed by atoms with Crippen molar-refractivity contribution in [1.29, 1.82) is 0 Å². The highest BCUT2D eigenvalue weighted by Gasteiger charge is 2.12. The van der Waals surface area contributed by atoms with Crippen molar-refractivity contribution in [3.8, 4) is 0 Å². The molecule has 0 heterocycles. The minimum absolute atomic E-state index is 0.0911. The van der Waals surface area contributed by atoms with Gasteiger partial charge < -0.3 is 10.1 Å². The van der Waals surface area contributed by atoms with Gasteiger partial charge in [-0.15, -0.1) is 0 Å². The van der Waals surface area contributed by atoms with Crippen LogP contribution in [0.15, 0.2) is 48.5 Å². The van der Waals surface area contributed by atoms with Gasteiger partial charge in [0.25, 0.3) is 5.91 Å². The van der Waals surface area contributed by atoms with E-state index in [1.54, 1.807) is 24.3 Å². The largest absolute Gasteiger partial charge is 0.462 e. The Kier molecular flexibility index (Phi) is 5.86. The first kappa shape index (κ1) is 16.7. The molecule has 0 aliphatic heterocycles. The minimum atomic E-state index is -0.518. The lowest BCUT2D eigenvalue weighted by molar-refractivity contribution is 0.0499. The summed E-state index contributed by atoms with van der Waals surface area (Å²) in [4.78, 5) is 24.1. The summed E-state index contributed by atoms with van der Waals surface area (Å²) in [6, 6.07) is 12.1. The fourth-order valence-corrected chi connectivity index (χ4v) is 1.94. The van der Waals surface area contributed by atoms with Crippen LogP contribution in [0, 0.1) is 5.82 Å². The first-order valence-corrected chi connectivity index (χ1v) is 7.45. The molecule has 2 aromatic rings. The number of amides is 1. The van der Waals surface area contributed by atoms with E-state index in [1.165, 1.54) is 24.3 Å². The number of hydrogen-bond acceptors (Lipinski definition) is 3. The van der Waals surface area contributed by atoms with Crippen molar-refractivity contribution in [1.82, 2.24) is 0 Å². The molecule has 0 bridgehead atoms. The van der Waals surface area contributed by atoms with Gasteiger partial charge in [0.15, 0.2) is 0 Å². The zero-order valence-corrected chi connectivity index (χ0v) is 12.8. The van der Waals surface area contributed by atoms with Gasteiger partial charge in [0.1, 0.15) is 5.82 Å². The van der Waals surface area contributed by atoms with Gasteiger partial charge in [-0.3, -0.25) is 4.79 Å². The van der Waals surface area contributed by atoms with E-state index < -0.39 is 17.7 Å². The Balaban J connectivity index is 2.08. The molecule has 1 amide bonds. The van der Waals surface area contributed by atoms with Crippen LogP contribution in [-0.4, -0.2) is 18.5 Å². The van der Waals surface area contributed by atoms with Crippen LogP contribution in [-0.2, 0) is 4.74 Å². The molecule has 0 atom stereocenters. The number of para-hydroxylation sites is 1. The maximum absolute atomic E-state index is 13.6. The maximum atomic E-state index is 13.6. The number of benzene rings is 2. The third-order valence-corrected chi connectivity index (χ3v) is 3.21. The van der Waals surface area contributed by atoms with Crippen molar-refractivity contribution in [2.24, 2.45) is 0 Å². The normalized spacial score (nSPS) is 10.2. The molecule has 0 radical (unpaired) electrons. The molecule has 1 N–H and O–H groups in total. The van der Waals surface area contributed by atoms with Crippen molar-refractivity contribution in [3.63, 3.8) is 0 Å². The number of unbranched alkanes of at least 4 members (excludes halogenated alkanes) is 1. The van der Waals surface area contributed by atoms with E-state index in [-0.39, 0.29) is 11.3 Å². The number of carbonyl (C=O) groups is 2. The van der Waals surface area contributed by atoms with E-state index in [1.807, 2.05) is 6.92 Å². The summed E-state index contributed by atoms with van der Waals surface area (Å²) in [5.74, 6) is -1.48. The predicted octanol–water partition coefficient (Wildman–Crippen LogP) is 4.03. The molecule has 0 aliphatic rings. The second-order valence-electron chi connectivity index (χ2n) is 5.00. The monoisotopic (exact) mass is 315 g/mol. The number of nitrogens with one attached hydrogen (secondary N) is 1. The average molecular weight is 315 g/mol. The summed E-state index contributed by atoms with van der Waals surface area (Å²) in [5, 5.41) is 2.48. The molecule has 0 unspecified atom stereocenters. The van der Waals surface area contributed by atoms with Gasteiger partial charge in [0.05, 0.1) is 17.9 Å². The third-order valence-electron chi connectivity index (χ3n) is 3.21. The van der Waals surface area contributed by atoms with E-state index in [9.17, 15) is 14.0 Å². The Bertz CT molecular complexity index is 700. The second kappa shape index (κ2) is 8.08. The Morgan fingerprint density at radius 2 is 1.83 bits per heavy atom. The maximum Gasteiger partial charge on any atom is 0.338 e. The molecule has 4 nitrogen and oxygen atoms in total. The van der Waals surface area contributed by atoms with Gasteiger partial charge in [0, 0.05) is 5.56 Å². The summed E-state index contributed by atoms with van der Waals surface area (Å²) in [6.45, 7) is 2.35. The van der Waals surface area contributed by atoms with E-state index in [2.05, 4.69) is 5.32 Å². The molecule has 5 heteroatoms. The number of rotatable bonds is 6. The van der Waals surface area contributed by atoms with E-state index in [0.717, 1.165) is 12.8 Å². The zero-order chi connectivity index (χ0) is 16.7. The molecule has 2 aromatic carbocycles. The molecular weight excluding hydrogens is 297 g/mol. The van der Waals surface area contributed by atoms with Crippen molar-refractivity contribution < 1.29 is 18.7 Å². The van der Waals surface area contributed by atoms with Crippen LogP contribution < -0.4 is 5.32 Å². The molecule has 120 valence electrons. The third kappa shape index (κ3) is 4.64. The second-order valence-corrected chi connectivity index (χ2v) is 5.00. The van der Waals surface area contributed by atoms with Crippen molar-refractivity contribution in [2.75, 3.05) is 11.9 Å². The zero-order valence-electron chi connectivity index (χ0n) is 12.8. The van der Waals surface area contributed by atoms with Crippen LogP contribution in [0.4, 0.5) is 10.1 Å². The summed E-state index contributed by atoms with van der Waals surface area (Å²) >= 11 is 0. The lowest BCUT2D eigenvalue weighted by Gasteiger charge is -2.08. The molecule has 0 saturated carbocycles. The molecule has 0 saturated heterocycles. The van der Waals surface area contributed by atoms with Gasteiger partial charge in [0.2, 0.25) is 0 Å². The lowest BCUT2D eigenvalue weighted by atomic mass is 10.1. The molecule has 0 aromatic heterocycles. The highest BCUT2D eigenvalue weighted by Crippen LogP contribution is 2.15. The molecular formula is C18H18FNO3. The molecule has 0 fully saturated rings. The number of carbonyl (C=O) groups excluding carboxylic acids is 2. The number of halogens is 1. The van der Waals surface area contributed by atoms with Crippen LogP contribution in [0.3, 0.4) is 0 Å². The average Bonchev–Trinajstić information content (AvgIpc) is 2.57. The molecule has 0 spiro atoms. The first-order valence-electron chi connectivity index (χ1n) is 7.45. The lowest BCUT2D eigenvalue weighted by Crippen LogP contribution is -2.14. The highest BCUT2D eigenvalue weighted by molar-refractivity contribution is 6.05. The van der Waals surface area contributed by atoms with E-state index >= 15 is 0 Å². The highest BCUT2D eigenvalue weighted by atomic mass is 19.1. The van der Waals surface area contributed by atoms with Gasteiger partial charge >= 0.3 is 5.97 Å². The summed E-state index contributed by atoms with van der Waals surface area (Å²) in [5.41, 5.74) is 0.647. The summed E-state index contributed by atoms with van der Waals surface area (Å²) in [6.07, 6.45) is 1.72. The quantitative estimate of drug-likeness (QED) is 0.646. The summed E-state index contributed by atoms with van der Waals surface area (Å²) < 4.78 is 18.7. The molecule has 23 heavy (non-hydrogen) atoms. The van der Waals surface area contributed by atoms with Crippen LogP contribution in [0.25, 0.3) is 0 Å². The van der Waals surface area contributed by atoms with Crippen molar-refractivity contribution >= 4 is 17.6 Å². The van der Waals surface area contributed by atoms with Crippen LogP contribution in [0.1, 0.15) is 40.5 Å². The van der Waals surface area contributed by atoms with Crippen molar-refractivity contribution in [2.45, 2.75) is 19.8 Å². The summed E-state index contributed by atoms with van der Waals surface area (Å²) in [7, 11) is 0. The van der Waals surface area contributed by atoms with Gasteiger partial charge in [-0.05, 0) is 36.8 Å². The predicted molar refractivity (Wildman–Crippen MR) is 86.0 cm³/mol. The standard InChI is InChI=1S/C18H18FNO3/c1-2-3-11-23-18(22)14-8-6-7-13(12-14)17(21)20-16-10-5-4-9-15(16)19/h4-10,12H,2-3,11H2,1H3,(H,20,21). The number of hydrogen-bond donors (Lipinski definition) is 1. The molecule has 2 rings (SSSR count). The topological polar surface area (TPSA) is 55.4 Å². The number of anilines is 1. The van der Waals surface area contributed by atoms with E-state index in [4.69, 9.17) is 4.74 Å². The smallest absolute Gasteiger partial charge is 0.338 e. The number of esters is 1. The van der Waals surface area contributed by atoms with Gasteiger partial charge in [-0.2, -0.15) is 0 Å². The fourth-order valence-electron chi connectivity index (χ4n) is 1.94. The van der Waals surface area contributed by atoms with Crippen LogP contribution >= 0.6 is 0 Å². The number of ether oxygens (including phenoxy) is 1. The Labute approximate surface area is 134 Å². The SMILES string of the molecule is CCCCOC(=O)c1cccc(C(=O)Nc2ccccc2F)c1. The Morgan fingerprint density at radius 3 is 2.57 bits per heavy atom. The van der Waals surface area contributed by atoms with Gasteiger partial charge in [-0.25, -0.2) is 9.18 Å². The molecule has 0 aliphatic carbocycles. The first-order chi connectivity index (χ1) is 11.1. The van der Waals surface area contributed by atoms with Gasteiger partial charge in [-0.1, -0.05) is 31.5 Å². The van der Waals surface area contributed by atoms with Crippen LogP contribution in [0.5, 0.6) is 0 Å². The Morgan fingerprint density at radius 1 is 1.09 bits per heavy atom.